The summed E-state index contributed by atoms with van der Waals surface area (Å²) < 4.78 is 39.6. The third-order valence-corrected chi connectivity index (χ3v) is 3.90. The summed E-state index contributed by atoms with van der Waals surface area (Å²) in [6.07, 6.45) is -3.53. The second-order valence-electron chi connectivity index (χ2n) is 4.76. The first-order valence-electron chi connectivity index (χ1n) is 6.75. The van der Waals surface area contributed by atoms with E-state index in [-0.39, 0.29) is 5.56 Å². The fourth-order valence-electron chi connectivity index (χ4n) is 2.18. The van der Waals surface area contributed by atoms with Gasteiger partial charge in [-0.2, -0.15) is 13.2 Å². The predicted molar refractivity (Wildman–Crippen MR) is 78.4 cm³/mol. The van der Waals surface area contributed by atoms with Crippen molar-refractivity contribution in [3.05, 3.63) is 51.5 Å². The Hall–Kier alpha value is -1.40. The van der Waals surface area contributed by atoms with E-state index in [2.05, 4.69) is 10.3 Å². The van der Waals surface area contributed by atoms with Gasteiger partial charge in [0.05, 0.1) is 22.3 Å². The van der Waals surface area contributed by atoms with Crippen molar-refractivity contribution in [3.8, 4) is 0 Å². The van der Waals surface area contributed by atoms with E-state index in [1.165, 1.54) is 23.5 Å². The number of aromatic nitrogens is 1. The summed E-state index contributed by atoms with van der Waals surface area (Å²) in [6, 6.07) is 5.15. The minimum absolute atomic E-state index is 0.226. The van der Waals surface area contributed by atoms with Crippen LogP contribution in [-0.2, 0) is 6.18 Å². The maximum Gasteiger partial charge on any atom is 0.416 e. The Bertz CT molecular complexity index is 593. The summed E-state index contributed by atoms with van der Waals surface area (Å²) in [7, 11) is 0. The predicted octanol–water partition coefficient (Wildman–Crippen LogP) is 4.56. The van der Waals surface area contributed by atoms with Crippen LogP contribution in [0, 0.1) is 6.92 Å². The van der Waals surface area contributed by atoms with E-state index >= 15 is 0 Å². The van der Waals surface area contributed by atoms with Crippen molar-refractivity contribution in [1.82, 2.24) is 10.3 Å². The molecule has 0 amide bonds. The fourth-order valence-corrected chi connectivity index (χ4v) is 2.82. The molecule has 0 saturated heterocycles. The molecule has 0 saturated carbocycles. The summed E-state index contributed by atoms with van der Waals surface area (Å²) in [5.74, 6) is 0. The molecule has 1 aromatic carbocycles. The first-order valence-corrected chi connectivity index (χ1v) is 7.63. The molecule has 1 unspecified atom stereocenters. The number of aryl methyl sites for hydroxylation is 1. The maximum absolute atomic E-state index is 13.2. The molecular weight excluding hydrogens is 297 g/mol. The van der Waals surface area contributed by atoms with Gasteiger partial charge in [-0.25, -0.2) is 4.98 Å². The second-order valence-corrected chi connectivity index (χ2v) is 5.83. The van der Waals surface area contributed by atoms with Crippen molar-refractivity contribution in [1.29, 1.82) is 0 Å². The van der Waals surface area contributed by atoms with Crippen LogP contribution in [0.5, 0.6) is 0 Å². The normalized spacial score (nSPS) is 13.4. The van der Waals surface area contributed by atoms with Gasteiger partial charge in [-0.1, -0.05) is 25.1 Å². The maximum atomic E-state index is 13.2. The number of nitrogens with one attached hydrogen (secondary N) is 1. The highest BCUT2D eigenvalue weighted by atomic mass is 32.1. The zero-order valence-electron chi connectivity index (χ0n) is 11.9. The molecule has 0 spiro atoms. The zero-order valence-corrected chi connectivity index (χ0v) is 12.7. The average molecular weight is 314 g/mol. The number of hydrogen-bond acceptors (Lipinski definition) is 3. The van der Waals surface area contributed by atoms with Gasteiger partial charge in [-0.05, 0) is 31.5 Å². The van der Waals surface area contributed by atoms with E-state index in [0.29, 0.717) is 12.2 Å². The Morgan fingerprint density at radius 1 is 1.29 bits per heavy atom. The molecule has 1 aromatic heterocycles. The van der Waals surface area contributed by atoms with Crippen molar-refractivity contribution in [2.75, 3.05) is 6.54 Å². The Morgan fingerprint density at radius 3 is 2.57 bits per heavy atom. The minimum atomic E-state index is -4.37. The van der Waals surface area contributed by atoms with Gasteiger partial charge in [-0.15, -0.1) is 11.3 Å². The third-order valence-electron chi connectivity index (χ3n) is 3.11. The molecule has 0 aliphatic carbocycles. The van der Waals surface area contributed by atoms with Crippen LogP contribution in [0.1, 0.15) is 41.2 Å². The number of alkyl halides is 3. The van der Waals surface area contributed by atoms with Gasteiger partial charge in [0.1, 0.15) is 0 Å². The number of benzene rings is 1. The first-order chi connectivity index (χ1) is 9.93. The van der Waals surface area contributed by atoms with Crippen LogP contribution in [0.25, 0.3) is 0 Å². The smallest absolute Gasteiger partial charge is 0.305 e. The first kappa shape index (κ1) is 16.0. The van der Waals surface area contributed by atoms with E-state index in [9.17, 15) is 13.2 Å². The summed E-state index contributed by atoms with van der Waals surface area (Å²) in [4.78, 5) is 4.35. The number of rotatable bonds is 5. The molecule has 114 valence electrons. The fraction of sp³-hybridized carbons (Fsp3) is 0.400. The lowest BCUT2D eigenvalue weighted by atomic mass is 9.98. The van der Waals surface area contributed by atoms with E-state index in [0.717, 1.165) is 17.5 Å². The van der Waals surface area contributed by atoms with Gasteiger partial charge in [0, 0.05) is 5.38 Å². The molecule has 0 radical (unpaired) electrons. The number of thiazole rings is 1. The molecule has 2 aromatic rings. The van der Waals surface area contributed by atoms with Crippen LogP contribution in [0.2, 0.25) is 0 Å². The van der Waals surface area contributed by atoms with Crippen LogP contribution in [0.3, 0.4) is 0 Å². The molecule has 6 heteroatoms. The largest absolute Gasteiger partial charge is 0.416 e. The van der Waals surface area contributed by atoms with E-state index < -0.39 is 17.8 Å². The van der Waals surface area contributed by atoms with Crippen molar-refractivity contribution in [2.24, 2.45) is 0 Å². The zero-order chi connectivity index (χ0) is 15.5. The van der Waals surface area contributed by atoms with Gasteiger partial charge in [-0.3, -0.25) is 0 Å². The minimum Gasteiger partial charge on any atom is -0.305 e. The lowest BCUT2D eigenvalue weighted by Gasteiger charge is -2.21. The number of hydrogen-bond donors (Lipinski definition) is 1. The molecule has 0 fully saturated rings. The van der Waals surface area contributed by atoms with Crippen molar-refractivity contribution in [2.45, 2.75) is 32.5 Å². The lowest BCUT2D eigenvalue weighted by Crippen LogP contribution is -2.26. The quantitative estimate of drug-likeness (QED) is 0.875. The average Bonchev–Trinajstić information content (AvgIpc) is 2.85. The molecule has 2 nitrogen and oxygen atoms in total. The van der Waals surface area contributed by atoms with Gasteiger partial charge in [0.2, 0.25) is 0 Å². The van der Waals surface area contributed by atoms with Crippen molar-refractivity contribution < 1.29 is 13.2 Å². The Kier molecular flexibility index (Phi) is 5.00. The molecule has 1 N–H and O–H groups in total. The molecule has 1 heterocycles. The van der Waals surface area contributed by atoms with Crippen LogP contribution in [0.4, 0.5) is 13.2 Å². The number of halogens is 3. The topological polar surface area (TPSA) is 24.9 Å². The summed E-state index contributed by atoms with van der Waals surface area (Å²) in [6.45, 7) is 4.46. The molecule has 0 aliphatic heterocycles. The van der Waals surface area contributed by atoms with E-state index in [1.807, 2.05) is 19.2 Å². The molecule has 1 atom stereocenters. The molecule has 21 heavy (non-hydrogen) atoms. The summed E-state index contributed by atoms with van der Waals surface area (Å²) in [5, 5.41) is 5.83. The SMILES string of the molecule is CCCNC(c1csc(C)n1)c1ccccc1C(F)(F)F. The van der Waals surface area contributed by atoms with Gasteiger partial charge in [0.25, 0.3) is 0 Å². The van der Waals surface area contributed by atoms with Gasteiger partial charge >= 0.3 is 6.18 Å². The summed E-state index contributed by atoms with van der Waals surface area (Å²) >= 11 is 1.44. The van der Waals surface area contributed by atoms with Crippen molar-refractivity contribution in [3.63, 3.8) is 0 Å². The van der Waals surface area contributed by atoms with Crippen LogP contribution < -0.4 is 5.32 Å². The third kappa shape index (κ3) is 3.83. The molecule has 0 aliphatic rings. The van der Waals surface area contributed by atoms with Crippen LogP contribution in [-0.4, -0.2) is 11.5 Å². The Labute approximate surface area is 126 Å². The van der Waals surface area contributed by atoms with Gasteiger partial charge < -0.3 is 5.32 Å². The second kappa shape index (κ2) is 6.58. The van der Waals surface area contributed by atoms with Crippen LogP contribution in [0.15, 0.2) is 29.6 Å². The van der Waals surface area contributed by atoms with Crippen LogP contribution >= 0.6 is 11.3 Å². The molecule has 2 rings (SSSR count). The number of nitrogens with zero attached hydrogens (tertiary/aromatic N) is 1. The highest BCUT2D eigenvalue weighted by Crippen LogP contribution is 2.36. The summed E-state index contributed by atoms with van der Waals surface area (Å²) in [5.41, 5.74) is 0.260. The monoisotopic (exact) mass is 314 g/mol. The lowest BCUT2D eigenvalue weighted by molar-refractivity contribution is -0.138. The van der Waals surface area contributed by atoms with E-state index in [4.69, 9.17) is 0 Å². The Morgan fingerprint density at radius 2 is 2.00 bits per heavy atom. The van der Waals surface area contributed by atoms with Crippen molar-refractivity contribution >= 4 is 11.3 Å². The highest BCUT2D eigenvalue weighted by molar-refractivity contribution is 7.09. The molecule has 0 bridgehead atoms. The standard InChI is InChI=1S/C15H17F3N2S/c1-3-8-19-14(13-9-21-10(2)20-13)11-6-4-5-7-12(11)15(16,17)18/h4-7,9,14,19H,3,8H2,1-2H3. The van der Waals surface area contributed by atoms with E-state index in [1.54, 1.807) is 6.07 Å². The van der Waals surface area contributed by atoms with Gasteiger partial charge in [0.15, 0.2) is 0 Å². The molecular formula is C15H17F3N2S. The highest BCUT2D eigenvalue weighted by Gasteiger charge is 2.35. The Balaban J connectivity index is 2.46.